The van der Waals surface area contributed by atoms with Gasteiger partial charge in [-0.25, -0.2) is 0 Å². The number of halogens is 2. The number of benzene rings is 1. The maximum atomic E-state index is 6.03. The van der Waals surface area contributed by atoms with Crippen molar-refractivity contribution in [3.8, 4) is 0 Å². The fourth-order valence-corrected chi connectivity index (χ4v) is 2.75. The number of rotatable bonds is 2. The van der Waals surface area contributed by atoms with Crippen LogP contribution in [0, 0.1) is 0 Å². The van der Waals surface area contributed by atoms with Crippen molar-refractivity contribution in [2.75, 3.05) is 18.0 Å². The van der Waals surface area contributed by atoms with Crippen LogP contribution in [0.25, 0.3) is 0 Å². The molecule has 0 amide bonds. The van der Waals surface area contributed by atoms with Crippen LogP contribution in [0.3, 0.4) is 0 Å². The van der Waals surface area contributed by atoms with Crippen LogP contribution >= 0.6 is 23.2 Å². The summed E-state index contributed by atoms with van der Waals surface area (Å²) >= 11 is 11.8. The van der Waals surface area contributed by atoms with Crippen molar-refractivity contribution >= 4 is 29.0 Å². The molecule has 98 valence electrons. The van der Waals surface area contributed by atoms with Crippen molar-refractivity contribution in [1.82, 2.24) is 15.2 Å². The van der Waals surface area contributed by atoms with Crippen LogP contribution in [0.4, 0.5) is 5.82 Å². The van der Waals surface area contributed by atoms with Crippen molar-refractivity contribution in [2.24, 2.45) is 0 Å². The molecule has 6 heteroatoms. The van der Waals surface area contributed by atoms with Gasteiger partial charge >= 0.3 is 0 Å². The average Bonchev–Trinajstić information content (AvgIpc) is 2.92. The van der Waals surface area contributed by atoms with E-state index in [9.17, 15) is 0 Å². The number of nitrogens with zero attached hydrogens (tertiary/aromatic N) is 4. The lowest BCUT2D eigenvalue weighted by Crippen LogP contribution is -2.21. The van der Waals surface area contributed by atoms with E-state index in [4.69, 9.17) is 23.2 Å². The van der Waals surface area contributed by atoms with Crippen molar-refractivity contribution in [3.05, 3.63) is 46.3 Å². The number of aromatic nitrogens is 3. The summed E-state index contributed by atoms with van der Waals surface area (Å²) in [6.45, 7) is 1.77. The molecule has 1 fully saturated rings. The van der Waals surface area contributed by atoms with Crippen LogP contribution < -0.4 is 4.90 Å². The summed E-state index contributed by atoms with van der Waals surface area (Å²) in [6.07, 6.45) is 1.07. The Balaban J connectivity index is 1.81. The molecule has 1 aliphatic heterocycles. The zero-order chi connectivity index (χ0) is 13.2. The van der Waals surface area contributed by atoms with E-state index in [0.29, 0.717) is 16.9 Å². The largest absolute Gasteiger partial charge is 0.353 e. The van der Waals surface area contributed by atoms with E-state index in [-0.39, 0.29) is 5.28 Å². The fourth-order valence-electron chi connectivity index (χ4n) is 2.44. The van der Waals surface area contributed by atoms with Crippen molar-refractivity contribution in [3.63, 3.8) is 0 Å². The Kier molecular flexibility index (Phi) is 3.53. The zero-order valence-corrected chi connectivity index (χ0v) is 11.6. The lowest BCUT2D eigenvalue weighted by molar-refractivity contribution is 0.773. The third-order valence-electron chi connectivity index (χ3n) is 3.36. The highest BCUT2D eigenvalue weighted by molar-refractivity contribution is 6.32. The van der Waals surface area contributed by atoms with Gasteiger partial charge in [0.05, 0.1) is 0 Å². The van der Waals surface area contributed by atoms with Gasteiger partial charge in [-0.15, -0.1) is 10.2 Å². The first-order chi connectivity index (χ1) is 9.24. The lowest BCUT2D eigenvalue weighted by Gasteiger charge is -2.17. The molecule has 3 rings (SSSR count). The van der Waals surface area contributed by atoms with E-state index in [2.05, 4.69) is 44.3 Å². The minimum Gasteiger partial charge on any atom is -0.353 e. The number of hydrogen-bond acceptors (Lipinski definition) is 4. The Hall–Kier alpha value is -1.39. The van der Waals surface area contributed by atoms with Gasteiger partial charge < -0.3 is 4.90 Å². The SMILES string of the molecule is Clc1nnc(Cl)c(N2CCC(c3ccccc3)C2)n1. The minimum atomic E-state index is 0.127. The first kappa shape index (κ1) is 12.6. The fraction of sp³-hybridized carbons (Fsp3) is 0.308. The summed E-state index contributed by atoms with van der Waals surface area (Å²) in [7, 11) is 0. The summed E-state index contributed by atoms with van der Waals surface area (Å²) in [6, 6.07) is 10.5. The third kappa shape index (κ3) is 2.65. The molecule has 1 aromatic heterocycles. The van der Waals surface area contributed by atoms with E-state index in [1.807, 2.05) is 6.07 Å². The smallest absolute Gasteiger partial charge is 0.245 e. The van der Waals surface area contributed by atoms with E-state index in [1.54, 1.807) is 0 Å². The van der Waals surface area contributed by atoms with Gasteiger partial charge in [-0.05, 0) is 23.6 Å². The first-order valence-corrected chi connectivity index (χ1v) is 6.85. The molecule has 1 aliphatic rings. The maximum Gasteiger partial charge on any atom is 0.245 e. The van der Waals surface area contributed by atoms with Crippen LogP contribution in [0.1, 0.15) is 17.9 Å². The monoisotopic (exact) mass is 294 g/mol. The Labute approximate surface area is 121 Å². The Morgan fingerprint density at radius 3 is 2.68 bits per heavy atom. The molecule has 0 spiro atoms. The van der Waals surface area contributed by atoms with Crippen LogP contribution in [-0.2, 0) is 0 Å². The molecule has 19 heavy (non-hydrogen) atoms. The summed E-state index contributed by atoms with van der Waals surface area (Å²) in [5.74, 6) is 1.12. The molecular formula is C13H12Cl2N4. The van der Waals surface area contributed by atoms with Crippen LogP contribution in [-0.4, -0.2) is 28.3 Å². The Morgan fingerprint density at radius 1 is 1.11 bits per heavy atom. The molecule has 0 bridgehead atoms. The molecule has 0 N–H and O–H groups in total. The number of anilines is 1. The highest BCUT2D eigenvalue weighted by Gasteiger charge is 2.26. The zero-order valence-electron chi connectivity index (χ0n) is 10.1. The second kappa shape index (κ2) is 5.31. The molecular weight excluding hydrogens is 283 g/mol. The average molecular weight is 295 g/mol. The summed E-state index contributed by atoms with van der Waals surface area (Å²) in [5.41, 5.74) is 1.34. The second-order valence-electron chi connectivity index (χ2n) is 4.54. The predicted molar refractivity (Wildman–Crippen MR) is 75.9 cm³/mol. The van der Waals surface area contributed by atoms with Gasteiger partial charge in [0.15, 0.2) is 11.0 Å². The molecule has 1 atom stereocenters. The quantitative estimate of drug-likeness (QED) is 0.853. The molecule has 0 aliphatic carbocycles. The molecule has 0 radical (unpaired) electrons. The molecule has 1 unspecified atom stereocenters. The molecule has 4 nitrogen and oxygen atoms in total. The predicted octanol–water partition coefficient (Wildman–Crippen LogP) is 3.17. The van der Waals surface area contributed by atoms with Gasteiger partial charge in [0.1, 0.15) is 0 Å². The van der Waals surface area contributed by atoms with Gasteiger partial charge in [0.2, 0.25) is 5.28 Å². The normalized spacial score (nSPS) is 18.8. The van der Waals surface area contributed by atoms with Gasteiger partial charge in [-0.2, -0.15) is 4.98 Å². The Morgan fingerprint density at radius 2 is 1.89 bits per heavy atom. The summed E-state index contributed by atoms with van der Waals surface area (Å²) in [5, 5.41) is 7.87. The maximum absolute atomic E-state index is 6.03. The van der Waals surface area contributed by atoms with Crippen molar-refractivity contribution in [2.45, 2.75) is 12.3 Å². The molecule has 2 aromatic rings. The highest BCUT2D eigenvalue weighted by atomic mass is 35.5. The van der Waals surface area contributed by atoms with E-state index in [0.717, 1.165) is 19.5 Å². The van der Waals surface area contributed by atoms with Crippen LogP contribution in [0.2, 0.25) is 10.4 Å². The first-order valence-electron chi connectivity index (χ1n) is 6.09. The standard InChI is InChI=1S/C13H12Cl2N4/c14-11-12(16-13(15)18-17-11)19-7-6-10(8-19)9-4-2-1-3-5-9/h1-5,10H,6-8H2. The van der Waals surface area contributed by atoms with E-state index < -0.39 is 0 Å². The number of hydrogen-bond donors (Lipinski definition) is 0. The van der Waals surface area contributed by atoms with Gasteiger partial charge in [-0.3, -0.25) is 0 Å². The van der Waals surface area contributed by atoms with E-state index in [1.165, 1.54) is 5.56 Å². The summed E-state index contributed by atoms with van der Waals surface area (Å²) < 4.78 is 0. The Bertz CT molecular complexity index is 576. The van der Waals surface area contributed by atoms with Crippen molar-refractivity contribution < 1.29 is 0 Å². The van der Waals surface area contributed by atoms with Crippen molar-refractivity contribution in [1.29, 1.82) is 0 Å². The topological polar surface area (TPSA) is 41.9 Å². The van der Waals surface area contributed by atoms with Crippen LogP contribution in [0.5, 0.6) is 0 Å². The van der Waals surface area contributed by atoms with Gasteiger partial charge in [0, 0.05) is 19.0 Å². The van der Waals surface area contributed by atoms with Gasteiger partial charge in [-0.1, -0.05) is 41.9 Å². The minimum absolute atomic E-state index is 0.127. The third-order valence-corrected chi connectivity index (χ3v) is 3.77. The van der Waals surface area contributed by atoms with Crippen LogP contribution in [0.15, 0.2) is 30.3 Å². The highest BCUT2D eigenvalue weighted by Crippen LogP contribution is 2.32. The van der Waals surface area contributed by atoms with Gasteiger partial charge in [0.25, 0.3) is 0 Å². The summed E-state index contributed by atoms with van der Waals surface area (Å²) in [4.78, 5) is 6.28. The molecule has 0 saturated carbocycles. The lowest BCUT2D eigenvalue weighted by atomic mass is 9.99. The molecule has 1 aromatic carbocycles. The second-order valence-corrected chi connectivity index (χ2v) is 5.23. The van der Waals surface area contributed by atoms with E-state index >= 15 is 0 Å². The molecule has 1 saturated heterocycles. The molecule has 2 heterocycles.